The molecule has 2 fully saturated rings. The Kier molecular flexibility index (Phi) is 10.6. The zero-order chi connectivity index (χ0) is 32.7. The second-order valence-corrected chi connectivity index (χ2v) is 14.1. The number of rotatable bonds is 14. The van der Waals surface area contributed by atoms with Crippen LogP contribution in [0.5, 0.6) is 17.2 Å². The molecule has 0 spiro atoms. The molecule has 0 bridgehead atoms. The van der Waals surface area contributed by atoms with Crippen molar-refractivity contribution < 1.29 is 19.3 Å². The first-order chi connectivity index (χ1) is 23.7. The summed E-state index contributed by atoms with van der Waals surface area (Å²) in [6, 6.07) is 32.4. The van der Waals surface area contributed by atoms with Gasteiger partial charge in [0.1, 0.15) is 30.5 Å². The largest absolute Gasteiger partial charge is 0.496 e. The number of likely N-dealkylation sites (tertiary alicyclic amines) is 2. The number of aliphatic hydroxyl groups excluding tert-OH is 1. The summed E-state index contributed by atoms with van der Waals surface area (Å²) in [6.07, 6.45) is 5.58. The molecular weight excluding hydrogens is 617 g/mol. The molecule has 48 heavy (non-hydrogen) atoms. The van der Waals surface area contributed by atoms with Gasteiger partial charge in [-0.1, -0.05) is 42.5 Å². The maximum atomic E-state index is 9.64. The molecule has 250 valence electrons. The van der Waals surface area contributed by atoms with Crippen LogP contribution in [0.4, 0.5) is 0 Å². The molecule has 1 N–H and O–H groups in total. The maximum absolute atomic E-state index is 9.64. The molecule has 0 saturated carbocycles. The minimum absolute atomic E-state index is 0.225. The number of fused-ring (bicyclic) bond motifs is 1. The molecule has 0 aliphatic carbocycles. The molecular formula is C41H46N2O4S. The van der Waals surface area contributed by atoms with Crippen LogP contribution in [0.1, 0.15) is 47.9 Å². The lowest BCUT2D eigenvalue weighted by Crippen LogP contribution is -2.35. The Bertz CT molecular complexity index is 1780. The standard InChI is InChI=1S/C41H46N2O4S/c1-45-39-25-31(11-12-33(39)27-42-19-5-6-20-42)24-38-37-18-17-36(47-29-30-8-3-2-4-9-30)26-40(37)48-41(38)32-13-15-35(16-14-32)46-23-22-43-21-7-10-34(43)28-44/h2-4,8-9,11-18,25-26,34,44H,5-7,10,19-24,27-29H2,1H3. The van der Waals surface area contributed by atoms with Crippen molar-refractivity contribution in [3.05, 3.63) is 113 Å². The van der Waals surface area contributed by atoms with Crippen molar-refractivity contribution in [1.29, 1.82) is 0 Å². The predicted octanol–water partition coefficient (Wildman–Crippen LogP) is 8.18. The van der Waals surface area contributed by atoms with Gasteiger partial charge >= 0.3 is 0 Å². The zero-order valence-electron chi connectivity index (χ0n) is 27.9. The molecule has 1 unspecified atom stereocenters. The average molecular weight is 663 g/mol. The second-order valence-electron chi connectivity index (χ2n) is 13.0. The molecule has 1 aromatic heterocycles. The van der Waals surface area contributed by atoms with E-state index < -0.39 is 0 Å². The first-order valence-electron chi connectivity index (χ1n) is 17.4. The van der Waals surface area contributed by atoms with E-state index in [1.807, 2.05) is 29.5 Å². The Balaban J connectivity index is 1.14. The molecule has 2 saturated heterocycles. The molecule has 1 atom stereocenters. The third-order valence-electron chi connectivity index (χ3n) is 9.81. The van der Waals surface area contributed by atoms with E-state index in [1.54, 1.807) is 7.11 Å². The number of hydrogen-bond acceptors (Lipinski definition) is 7. The van der Waals surface area contributed by atoms with Gasteiger partial charge in [0.15, 0.2) is 0 Å². The smallest absolute Gasteiger partial charge is 0.123 e. The Hall–Kier alpha value is -3.88. The zero-order valence-corrected chi connectivity index (χ0v) is 28.7. The van der Waals surface area contributed by atoms with Crippen LogP contribution in [0.3, 0.4) is 0 Å². The van der Waals surface area contributed by atoms with Crippen LogP contribution in [0, 0.1) is 0 Å². The number of hydrogen-bond donors (Lipinski definition) is 1. The Labute approximate surface area is 288 Å². The molecule has 2 aliphatic rings. The van der Waals surface area contributed by atoms with E-state index >= 15 is 0 Å². The van der Waals surface area contributed by atoms with Gasteiger partial charge in [-0.05, 0) is 128 Å². The number of methoxy groups -OCH3 is 1. The Morgan fingerprint density at radius 2 is 1.62 bits per heavy atom. The SMILES string of the molecule is COc1cc(Cc2c(-c3ccc(OCCN4CCCC4CO)cc3)sc3cc(OCc4ccccc4)ccc23)ccc1CN1CCCC1. The van der Waals surface area contributed by atoms with Gasteiger partial charge in [0.05, 0.1) is 13.7 Å². The lowest BCUT2D eigenvalue weighted by Gasteiger charge is -2.22. The number of ether oxygens (including phenoxy) is 3. The molecule has 0 radical (unpaired) electrons. The maximum Gasteiger partial charge on any atom is 0.123 e. The van der Waals surface area contributed by atoms with Gasteiger partial charge in [0.25, 0.3) is 0 Å². The van der Waals surface area contributed by atoms with Crippen LogP contribution in [0.2, 0.25) is 0 Å². The number of thiophene rings is 1. The van der Waals surface area contributed by atoms with Crippen molar-refractivity contribution in [3.63, 3.8) is 0 Å². The van der Waals surface area contributed by atoms with Gasteiger partial charge in [-0.3, -0.25) is 9.80 Å². The summed E-state index contributed by atoms with van der Waals surface area (Å²) in [5, 5.41) is 10.9. The summed E-state index contributed by atoms with van der Waals surface area (Å²) in [6.45, 7) is 6.53. The van der Waals surface area contributed by atoms with Gasteiger partial charge < -0.3 is 19.3 Å². The molecule has 6 nitrogen and oxygen atoms in total. The molecule has 0 amide bonds. The molecule has 2 aliphatic heterocycles. The van der Waals surface area contributed by atoms with Crippen LogP contribution >= 0.6 is 11.3 Å². The Morgan fingerprint density at radius 1 is 0.812 bits per heavy atom. The van der Waals surface area contributed by atoms with E-state index in [0.29, 0.717) is 13.2 Å². The lowest BCUT2D eigenvalue weighted by atomic mass is 9.97. The van der Waals surface area contributed by atoms with Crippen LogP contribution in [-0.4, -0.2) is 67.5 Å². The monoisotopic (exact) mass is 662 g/mol. The minimum Gasteiger partial charge on any atom is -0.496 e. The fourth-order valence-corrected chi connectivity index (χ4v) is 8.42. The highest BCUT2D eigenvalue weighted by atomic mass is 32.1. The lowest BCUT2D eigenvalue weighted by molar-refractivity contribution is 0.139. The fourth-order valence-electron chi connectivity index (χ4n) is 7.16. The highest BCUT2D eigenvalue weighted by Crippen LogP contribution is 2.42. The molecule has 7 heteroatoms. The molecule has 4 aromatic carbocycles. The summed E-state index contributed by atoms with van der Waals surface area (Å²) in [7, 11) is 1.79. The topological polar surface area (TPSA) is 54.4 Å². The Morgan fingerprint density at radius 3 is 2.42 bits per heavy atom. The first kappa shape index (κ1) is 32.7. The number of nitrogens with zero attached hydrogens (tertiary/aromatic N) is 2. The number of benzene rings is 4. The van der Waals surface area contributed by atoms with E-state index in [4.69, 9.17) is 14.2 Å². The van der Waals surface area contributed by atoms with Crippen molar-refractivity contribution >= 4 is 21.4 Å². The van der Waals surface area contributed by atoms with Crippen molar-refractivity contribution in [2.24, 2.45) is 0 Å². The van der Waals surface area contributed by atoms with Gasteiger partial charge in [-0.2, -0.15) is 0 Å². The van der Waals surface area contributed by atoms with Gasteiger partial charge in [0.2, 0.25) is 0 Å². The van der Waals surface area contributed by atoms with Crippen molar-refractivity contribution in [2.45, 2.75) is 51.3 Å². The fraction of sp³-hybridized carbons (Fsp3) is 0.366. The molecule has 7 rings (SSSR count). The van der Waals surface area contributed by atoms with E-state index in [9.17, 15) is 5.11 Å². The van der Waals surface area contributed by atoms with Crippen LogP contribution in [-0.2, 0) is 19.6 Å². The third kappa shape index (κ3) is 7.71. The number of aliphatic hydroxyl groups is 1. The van der Waals surface area contributed by atoms with E-state index in [-0.39, 0.29) is 12.6 Å². The summed E-state index contributed by atoms with van der Waals surface area (Å²) in [5.41, 5.74) is 6.15. The average Bonchev–Trinajstić information content (AvgIpc) is 3.89. The van der Waals surface area contributed by atoms with Gasteiger partial charge in [0, 0.05) is 34.3 Å². The summed E-state index contributed by atoms with van der Waals surface area (Å²) < 4.78 is 19.5. The molecule has 3 heterocycles. The predicted molar refractivity (Wildman–Crippen MR) is 196 cm³/mol. The second kappa shape index (κ2) is 15.6. The first-order valence-corrected chi connectivity index (χ1v) is 18.2. The summed E-state index contributed by atoms with van der Waals surface area (Å²) in [5.74, 6) is 2.72. The highest BCUT2D eigenvalue weighted by Gasteiger charge is 2.23. The third-order valence-corrected chi connectivity index (χ3v) is 11.1. The van der Waals surface area contributed by atoms with Crippen LogP contribution < -0.4 is 14.2 Å². The van der Waals surface area contributed by atoms with Crippen molar-refractivity contribution in [3.8, 4) is 27.7 Å². The summed E-state index contributed by atoms with van der Waals surface area (Å²) in [4.78, 5) is 6.12. The van der Waals surface area contributed by atoms with E-state index in [1.165, 1.54) is 63.1 Å². The highest BCUT2D eigenvalue weighted by molar-refractivity contribution is 7.22. The van der Waals surface area contributed by atoms with E-state index in [2.05, 4.69) is 82.6 Å². The van der Waals surface area contributed by atoms with Gasteiger partial charge in [-0.25, -0.2) is 0 Å². The van der Waals surface area contributed by atoms with Gasteiger partial charge in [-0.15, -0.1) is 11.3 Å². The van der Waals surface area contributed by atoms with Crippen molar-refractivity contribution in [1.82, 2.24) is 9.80 Å². The minimum atomic E-state index is 0.225. The van der Waals surface area contributed by atoms with Crippen LogP contribution in [0.25, 0.3) is 20.5 Å². The molecule has 5 aromatic rings. The quantitative estimate of drug-likeness (QED) is 0.130. The normalized spacial score (nSPS) is 16.9. The van der Waals surface area contributed by atoms with Crippen molar-refractivity contribution in [2.75, 3.05) is 46.5 Å². The van der Waals surface area contributed by atoms with E-state index in [0.717, 1.165) is 61.7 Å². The van der Waals surface area contributed by atoms with Crippen LogP contribution in [0.15, 0.2) is 91.0 Å². The summed E-state index contributed by atoms with van der Waals surface area (Å²) >= 11 is 1.82.